The molecule has 0 radical (unpaired) electrons. The Kier molecular flexibility index (Phi) is 4.84. The van der Waals surface area contributed by atoms with E-state index in [0.717, 1.165) is 22.3 Å². The molecule has 47 heavy (non-hydrogen) atoms. The van der Waals surface area contributed by atoms with Gasteiger partial charge in [-0.2, -0.15) is 0 Å². The molecule has 0 atom stereocenters. The molecule has 7 rings (SSSR count). The van der Waals surface area contributed by atoms with Crippen molar-refractivity contribution in [3.8, 4) is 56.4 Å². The number of nitrogens with zero attached hydrogens (tertiary/aromatic N) is 3. The van der Waals surface area contributed by atoms with E-state index < -0.39 is 75.3 Å². The fraction of sp³-hybridized carbons (Fsp3) is 0.214. The molecule has 0 spiro atoms. The molecule has 5 aromatic carbocycles. The van der Waals surface area contributed by atoms with Crippen LogP contribution in [-0.4, -0.2) is 31.1 Å². The molecule has 0 bridgehead atoms. The van der Waals surface area contributed by atoms with Gasteiger partial charge in [0.15, 0.2) is 17.5 Å². The third kappa shape index (κ3) is 5.83. The lowest BCUT2D eigenvalue weighted by Gasteiger charge is -2.22. The van der Waals surface area contributed by atoms with Gasteiger partial charge in [-0.1, -0.05) is 166 Å². The van der Waals surface area contributed by atoms with E-state index in [9.17, 15) is 1.37 Å². The van der Waals surface area contributed by atoms with E-state index >= 15 is 0 Å². The molecule has 0 saturated carbocycles. The summed E-state index contributed by atoms with van der Waals surface area (Å²) >= 11 is 0. The standard InChI is InChI=1S/C42H43N3Si2/c1-42(2)37-15-10-9-14-35(37)36-25-20-31(27-38(36)42)30-12-11-13-32(26-30)41-44-39(28-16-21-33(22-17-28)46(3,4)5)43-40(45-41)29-18-23-34(24-19-29)47(6,7)8/h9-27H,1-8H3/i11D,12D,13D,16D,17D,18D,19D,21D,22D,23D,24D,26D. The Bertz CT molecular complexity index is 2650. The molecule has 0 aliphatic heterocycles. The zero-order valence-corrected chi connectivity index (χ0v) is 29.9. The Hall–Kier alpha value is -4.46. The van der Waals surface area contributed by atoms with Gasteiger partial charge >= 0.3 is 0 Å². The maximum atomic E-state index is 9.59. The lowest BCUT2D eigenvalue weighted by atomic mass is 9.81. The second-order valence-electron chi connectivity index (χ2n) is 14.5. The Balaban J connectivity index is 1.57. The fourth-order valence-electron chi connectivity index (χ4n) is 5.77. The summed E-state index contributed by atoms with van der Waals surface area (Å²) in [6.07, 6.45) is 0. The van der Waals surface area contributed by atoms with Crippen LogP contribution in [0.3, 0.4) is 0 Å². The van der Waals surface area contributed by atoms with E-state index in [1.807, 2.05) is 69.6 Å². The van der Waals surface area contributed by atoms with E-state index in [2.05, 4.69) is 34.9 Å². The summed E-state index contributed by atoms with van der Waals surface area (Å²) in [7, 11) is -4.86. The van der Waals surface area contributed by atoms with Crippen LogP contribution in [0.1, 0.15) is 41.4 Å². The molecule has 6 aromatic rings. The first-order valence-electron chi connectivity index (χ1n) is 21.7. The highest BCUT2D eigenvalue weighted by Gasteiger charge is 2.35. The van der Waals surface area contributed by atoms with Crippen LogP contribution in [0.5, 0.6) is 0 Å². The van der Waals surface area contributed by atoms with Gasteiger partial charge in [0, 0.05) is 22.1 Å². The number of benzene rings is 5. The Labute approximate surface area is 298 Å². The highest BCUT2D eigenvalue weighted by atomic mass is 28.3. The van der Waals surface area contributed by atoms with Crippen molar-refractivity contribution >= 4 is 26.5 Å². The van der Waals surface area contributed by atoms with E-state index in [0.29, 0.717) is 15.9 Å². The molecule has 0 unspecified atom stereocenters. The number of fused-ring (bicyclic) bond motifs is 3. The highest BCUT2D eigenvalue weighted by Crippen LogP contribution is 2.49. The molecular formula is C42H43N3Si2. The van der Waals surface area contributed by atoms with Crippen LogP contribution in [0.2, 0.25) is 39.3 Å². The maximum absolute atomic E-state index is 9.59. The van der Waals surface area contributed by atoms with Crippen molar-refractivity contribution in [2.24, 2.45) is 0 Å². The van der Waals surface area contributed by atoms with Crippen LogP contribution in [0, 0.1) is 0 Å². The van der Waals surface area contributed by atoms with Crippen LogP contribution in [0.25, 0.3) is 56.4 Å². The van der Waals surface area contributed by atoms with Gasteiger partial charge in [0.05, 0.1) is 32.6 Å². The van der Waals surface area contributed by atoms with Crippen molar-refractivity contribution in [2.75, 3.05) is 0 Å². The average Bonchev–Trinajstić information content (AvgIpc) is 3.37. The maximum Gasteiger partial charge on any atom is 0.164 e. The number of hydrogen-bond donors (Lipinski definition) is 0. The highest BCUT2D eigenvalue weighted by molar-refractivity contribution is 6.89. The van der Waals surface area contributed by atoms with Gasteiger partial charge in [0.2, 0.25) is 0 Å². The topological polar surface area (TPSA) is 38.7 Å². The second-order valence-corrected chi connectivity index (χ2v) is 24.5. The molecule has 1 aliphatic rings. The molecule has 3 nitrogen and oxygen atoms in total. The predicted octanol–water partition coefficient (Wildman–Crippen LogP) is 9.94. The van der Waals surface area contributed by atoms with E-state index in [4.69, 9.17) is 15.1 Å². The fourth-order valence-corrected chi connectivity index (χ4v) is 7.52. The Morgan fingerprint density at radius 2 is 1.00 bits per heavy atom. The van der Waals surface area contributed by atoms with Gasteiger partial charge in [0.25, 0.3) is 0 Å². The lowest BCUT2D eigenvalue weighted by molar-refractivity contribution is 0.660. The quantitative estimate of drug-likeness (QED) is 0.167. The van der Waals surface area contributed by atoms with Crippen LogP contribution in [0.15, 0.2) is 115 Å². The third-order valence-corrected chi connectivity index (χ3v) is 12.1. The summed E-state index contributed by atoms with van der Waals surface area (Å²) in [5.74, 6) is -1.22. The lowest BCUT2D eigenvalue weighted by Crippen LogP contribution is -2.37. The smallest absolute Gasteiger partial charge is 0.164 e. The largest absolute Gasteiger partial charge is 0.208 e. The van der Waals surface area contributed by atoms with E-state index in [1.54, 1.807) is 6.07 Å². The van der Waals surface area contributed by atoms with Gasteiger partial charge in [-0.15, -0.1) is 0 Å². The van der Waals surface area contributed by atoms with Crippen molar-refractivity contribution in [1.82, 2.24) is 15.0 Å². The average molecular weight is 658 g/mol. The van der Waals surface area contributed by atoms with Gasteiger partial charge < -0.3 is 0 Å². The van der Waals surface area contributed by atoms with Crippen molar-refractivity contribution in [2.45, 2.75) is 58.5 Å². The summed E-state index contributed by atoms with van der Waals surface area (Å²) in [5.41, 5.74) is 3.29. The monoisotopic (exact) mass is 657 g/mol. The predicted molar refractivity (Wildman–Crippen MR) is 205 cm³/mol. The van der Waals surface area contributed by atoms with E-state index in [-0.39, 0.29) is 58.5 Å². The Morgan fingerprint density at radius 3 is 1.55 bits per heavy atom. The summed E-state index contributed by atoms with van der Waals surface area (Å²) in [6, 6.07) is 8.98. The van der Waals surface area contributed by atoms with Crippen molar-refractivity contribution in [3.05, 3.63) is 126 Å². The van der Waals surface area contributed by atoms with Crippen LogP contribution >= 0.6 is 0 Å². The second kappa shape index (κ2) is 11.4. The van der Waals surface area contributed by atoms with Crippen molar-refractivity contribution < 1.29 is 16.4 Å². The SMILES string of the molecule is [2H]c1c([2H])c(-c2ccc3c(c2)C(C)(C)c2ccccc2-3)c([2H])c(-c2nc(-c3c([2H])c([2H])c([Si](C)(C)C)c([2H])c3[2H])nc(-c3c([2H])c([2H])c([Si](C)(C)C)c([2H])c3[2H])n2)c1[2H]. The minimum Gasteiger partial charge on any atom is -0.208 e. The normalized spacial score (nSPS) is 17.3. The molecule has 0 N–H and O–H groups in total. The summed E-state index contributed by atoms with van der Waals surface area (Å²) < 4.78 is 109. The Morgan fingerprint density at radius 1 is 0.511 bits per heavy atom. The van der Waals surface area contributed by atoms with Crippen LogP contribution < -0.4 is 10.4 Å². The van der Waals surface area contributed by atoms with Gasteiger partial charge in [-0.05, 0) is 45.5 Å². The molecule has 1 heterocycles. The molecule has 0 saturated heterocycles. The number of aromatic nitrogens is 3. The first-order chi connectivity index (χ1) is 27.3. The van der Waals surface area contributed by atoms with Crippen LogP contribution in [-0.2, 0) is 5.41 Å². The number of hydrogen-bond acceptors (Lipinski definition) is 3. The minimum absolute atomic E-state index is 0.0338. The molecule has 234 valence electrons. The van der Waals surface area contributed by atoms with Gasteiger partial charge in [-0.25, -0.2) is 15.0 Å². The first kappa shape index (κ1) is 20.0. The van der Waals surface area contributed by atoms with Crippen molar-refractivity contribution in [3.63, 3.8) is 0 Å². The molecule has 1 aliphatic carbocycles. The zero-order valence-electron chi connectivity index (χ0n) is 39.9. The molecular weight excluding hydrogens is 603 g/mol. The van der Waals surface area contributed by atoms with E-state index in [1.165, 1.54) is 0 Å². The molecule has 0 amide bonds. The number of rotatable bonds is 6. The van der Waals surface area contributed by atoms with Crippen LogP contribution in [0.4, 0.5) is 0 Å². The summed E-state index contributed by atoms with van der Waals surface area (Å²) in [6.45, 7) is 15.6. The zero-order chi connectivity index (χ0) is 43.6. The summed E-state index contributed by atoms with van der Waals surface area (Å²) in [4.78, 5) is 13.7. The molecule has 0 fully saturated rings. The summed E-state index contributed by atoms with van der Waals surface area (Å²) in [5, 5.41) is 0.591. The first-order valence-corrected chi connectivity index (χ1v) is 22.7. The minimum atomic E-state index is -2.43. The van der Waals surface area contributed by atoms with Crippen molar-refractivity contribution in [1.29, 1.82) is 0 Å². The molecule has 5 heteroatoms. The van der Waals surface area contributed by atoms with Gasteiger partial charge in [0.1, 0.15) is 0 Å². The molecule has 1 aromatic heterocycles. The third-order valence-electron chi connectivity index (χ3n) is 8.55. The van der Waals surface area contributed by atoms with Gasteiger partial charge in [-0.3, -0.25) is 0 Å².